The minimum atomic E-state index is -0.982. The Labute approximate surface area is 118 Å². The average molecular weight is 286 g/mol. The first-order chi connectivity index (χ1) is 9.74. The van der Waals surface area contributed by atoms with Gasteiger partial charge >= 0.3 is 5.97 Å². The van der Waals surface area contributed by atoms with Crippen LogP contribution in [-0.2, 0) is 4.79 Å². The van der Waals surface area contributed by atoms with E-state index in [1.165, 1.54) is 11.3 Å². The number of aliphatic carboxylic acids is 1. The highest BCUT2D eigenvalue weighted by atomic mass is 32.1. The van der Waals surface area contributed by atoms with Crippen LogP contribution in [0.15, 0.2) is 41.8 Å². The number of hydrogen-bond acceptors (Lipinski definition) is 6. The third kappa shape index (κ3) is 2.43. The van der Waals surface area contributed by atoms with Crippen molar-refractivity contribution in [2.45, 2.75) is 6.04 Å². The summed E-state index contributed by atoms with van der Waals surface area (Å²) in [4.78, 5) is 16.3. The number of rotatable bonds is 4. The summed E-state index contributed by atoms with van der Waals surface area (Å²) < 4.78 is 0. The van der Waals surface area contributed by atoms with Gasteiger partial charge in [0, 0.05) is 4.88 Å². The summed E-state index contributed by atoms with van der Waals surface area (Å²) in [6.07, 6.45) is 0. The summed E-state index contributed by atoms with van der Waals surface area (Å²) >= 11 is 1.36. The van der Waals surface area contributed by atoms with E-state index in [1.54, 1.807) is 24.3 Å². The summed E-state index contributed by atoms with van der Waals surface area (Å²) in [5, 5.41) is 21.8. The zero-order valence-corrected chi connectivity index (χ0v) is 11.0. The second-order valence-electron chi connectivity index (χ2n) is 4.06. The van der Waals surface area contributed by atoms with E-state index in [1.807, 2.05) is 17.5 Å². The molecule has 1 unspecified atom stereocenters. The fourth-order valence-corrected chi connectivity index (χ4v) is 2.55. The number of carboxylic acid groups (broad SMARTS) is 1. The van der Waals surface area contributed by atoms with E-state index < -0.39 is 12.0 Å². The molecule has 2 heterocycles. The SMILES string of the molecule is O=C(O)C(Nc1nnc2ccccc2n1)c1cccs1. The third-order valence-corrected chi connectivity index (χ3v) is 3.65. The predicted molar refractivity (Wildman–Crippen MR) is 75.7 cm³/mol. The largest absolute Gasteiger partial charge is 0.479 e. The van der Waals surface area contributed by atoms with Gasteiger partial charge in [0.05, 0.1) is 5.52 Å². The van der Waals surface area contributed by atoms with Gasteiger partial charge in [0.25, 0.3) is 0 Å². The molecule has 1 atom stereocenters. The summed E-state index contributed by atoms with van der Waals surface area (Å²) in [5.74, 6) is -0.784. The van der Waals surface area contributed by atoms with Crippen LogP contribution in [0.25, 0.3) is 11.0 Å². The molecular weight excluding hydrogens is 276 g/mol. The number of nitrogens with one attached hydrogen (secondary N) is 1. The number of nitrogens with zero attached hydrogens (tertiary/aromatic N) is 3. The molecule has 0 aliphatic carbocycles. The van der Waals surface area contributed by atoms with Crippen LogP contribution in [0.5, 0.6) is 0 Å². The van der Waals surface area contributed by atoms with Crippen LogP contribution in [0.2, 0.25) is 0 Å². The van der Waals surface area contributed by atoms with Crippen LogP contribution in [0.3, 0.4) is 0 Å². The standard InChI is InChI=1S/C13H10N4O2S/c18-12(19)11(10-6-3-7-20-10)15-13-14-8-4-1-2-5-9(8)16-17-13/h1-7,11H,(H,18,19)(H,14,15,17). The molecule has 2 N–H and O–H groups in total. The molecule has 0 aliphatic heterocycles. The van der Waals surface area contributed by atoms with Crippen LogP contribution in [-0.4, -0.2) is 26.3 Å². The molecule has 1 aromatic carbocycles. The van der Waals surface area contributed by atoms with Gasteiger partial charge in [-0.25, -0.2) is 9.78 Å². The molecule has 0 bridgehead atoms. The van der Waals surface area contributed by atoms with Gasteiger partial charge < -0.3 is 10.4 Å². The van der Waals surface area contributed by atoms with E-state index in [0.717, 1.165) is 0 Å². The number of fused-ring (bicyclic) bond motifs is 1. The lowest BCUT2D eigenvalue weighted by Gasteiger charge is -2.12. The van der Waals surface area contributed by atoms with Gasteiger partial charge in [-0.2, -0.15) is 0 Å². The summed E-state index contributed by atoms with van der Waals surface area (Å²) in [5.41, 5.74) is 1.33. The topological polar surface area (TPSA) is 88.0 Å². The monoisotopic (exact) mass is 286 g/mol. The van der Waals surface area contributed by atoms with E-state index >= 15 is 0 Å². The molecule has 3 aromatic rings. The molecule has 3 rings (SSSR count). The van der Waals surface area contributed by atoms with Gasteiger partial charge in [-0.05, 0) is 23.6 Å². The van der Waals surface area contributed by atoms with Gasteiger partial charge in [-0.3, -0.25) is 0 Å². The number of carbonyl (C=O) groups is 1. The maximum absolute atomic E-state index is 11.3. The average Bonchev–Trinajstić information content (AvgIpc) is 2.98. The van der Waals surface area contributed by atoms with E-state index in [2.05, 4.69) is 20.5 Å². The maximum Gasteiger partial charge on any atom is 0.331 e. The van der Waals surface area contributed by atoms with Gasteiger partial charge in [0.15, 0.2) is 6.04 Å². The van der Waals surface area contributed by atoms with Crippen molar-refractivity contribution in [3.63, 3.8) is 0 Å². The summed E-state index contributed by atoms with van der Waals surface area (Å²) in [6, 6.07) is 9.97. The fourth-order valence-electron chi connectivity index (χ4n) is 1.78. The first kappa shape index (κ1) is 12.5. The van der Waals surface area contributed by atoms with Crippen molar-refractivity contribution < 1.29 is 9.90 Å². The molecule has 0 spiro atoms. The number of benzene rings is 1. The molecule has 0 fully saturated rings. The molecule has 0 saturated carbocycles. The minimum Gasteiger partial charge on any atom is -0.479 e. The van der Waals surface area contributed by atoms with E-state index in [9.17, 15) is 9.90 Å². The van der Waals surface area contributed by atoms with E-state index in [-0.39, 0.29) is 5.95 Å². The fraction of sp³-hybridized carbons (Fsp3) is 0.0769. The number of carboxylic acids is 1. The number of aromatic nitrogens is 3. The van der Waals surface area contributed by atoms with Crippen molar-refractivity contribution in [1.82, 2.24) is 15.2 Å². The number of hydrogen-bond donors (Lipinski definition) is 2. The molecule has 20 heavy (non-hydrogen) atoms. The molecule has 2 aromatic heterocycles. The highest BCUT2D eigenvalue weighted by Gasteiger charge is 2.21. The van der Waals surface area contributed by atoms with Crippen molar-refractivity contribution in [2.24, 2.45) is 0 Å². The third-order valence-electron chi connectivity index (χ3n) is 2.71. The number of para-hydroxylation sites is 1. The van der Waals surface area contributed by atoms with Gasteiger partial charge in [-0.15, -0.1) is 21.5 Å². The Morgan fingerprint density at radius 3 is 2.65 bits per heavy atom. The van der Waals surface area contributed by atoms with Gasteiger partial charge in [0.1, 0.15) is 5.52 Å². The Balaban J connectivity index is 1.92. The lowest BCUT2D eigenvalue weighted by molar-refractivity contribution is -0.138. The molecule has 7 heteroatoms. The lowest BCUT2D eigenvalue weighted by atomic mass is 10.2. The second-order valence-corrected chi connectivity index (χ2v) is 5.03. The van der Waals surface area contributed by atoms with E-state index in [4.69, 9.17) is 0 Å². The quantitative estimate of drug-likeness (QED) is 0.765. The summed E-state index contributed by atoms with van der Waals surface area (Å²) in [7, 11) is 0. The van der Waals surface area contributed by atoms with Crippen molar-refractivity contribution in [2.75, 3.05) is 5.32 Å². The molecule has 100 valence electrons. The molecule has 0 saturated heterocycles. The van der Waals surface area contributed by atoms with Gasteiger partial charge in [0.2, 0.25) is 5.95 Å². The van der Waals surface area contributed by atoms with Gasteiger partial charge in [-0.1, -0.05) is 18.2 Å². The van der Waals surface area contributed by atoms with Crippen molar-refractivity contribution in [1.29, 1.82) is 0 Å². The van der Waals surface area contributed by atoms with Crippen molar-refractivity contribution in [3.8, 4) is 0 Å². The zero-order chi connectivity index (χ0) is 13.9. The number of anilines is 1. The van der Waals surface area contributed by atoms with Crippen LogP contribution in [0, 0.1) is 0 Å². The maximum atomic E-state index is 11.3. The highest BCUT2D eigenvalue weighted by molar-refractivity contribution is 7.10. The van der Waals surface area contributed by atoms with Crippen LogP contribution < -0.4 is 5.32 Å². The smallest absolute Gasteiger partial charge is 0.331 e. The molecule has 0 amide bonds. The van der Waals surface area contributed by atoms with Crippen LogP contribution in [0.1, 0.15) is 10.9 Å². The Bertz CT molecular complexity index is 745. The normalized spacial score (nSPS) is 12.2. The zero-order valence-electron chi connectivity index (χ0n) is 10.2. The highest BCUT2D eigenvalue weighted by Crippen LogP contribution is 2.22. The minimum absolute atomic E-state index is 0.199. The summed E-state index contributed by atoms with van der Waals surface area (Å²) in [6.45, 7) is 0. The Morgan fingerprint density at radius 1 is 1.15 bits per heavy atom. The first-order valence-corrected chi connectivity index (χ1v) is 6.74. The van der Waals surface area contributed by atoms with Crippen LogP contribution >= 0.6 is 11.3 Å². The van der Waals surface area contributed by atoms with Crippen LogP contribution in [0.4, 0.5) is 5.95 Å². The Kier molecular flexibility index (Phi) is 3.26. The van der Waals surface area contributed by atoms with Crippen molar-refractivity contribution in [3.05, 3.63) is 46.7 Å². The lowest BCUT2D eigenvalue weighted by Crippen LogP contribution is -2.21. The molecular formula is C13H10N4O2S. The van der Waals surface area contributed by atoms with E-state index in [0.29, 0.717) is 15.9 Å². The Hall–Kier alpha value is -2.54. The van der Waals surface area contributed by atoms with Crippen molar-refractivity contribution >= 4 is 34.3 Å². The molecule has 0 aliphatic rings. The second kappa shape index (κ2) is 5.22. The predicted octanol–water partition coefficient (Wildman–Crippen LogP) is 2.32. The molecule has 0 radical (unpaired) electrons. The number of thiophene rings is 1. The Morgan fingerprint density at radius 2 is 1.95 bits per heavy atom. The first-order valence-electron chi connectivity index (χ1n) is 5.86. The molecule has 6 nitrogen and oxygen atoms in total.